The molecule has 176 valence electrons. The van der Waals surface area contributed by atoms with E-state index >= 15 is 0 Å². The standard InChI is InChI=1S/C18H19N5O7S3/c1-32(26,27)22-9-10-23(13(11-22)16(24)21-25)33(28,29)15-8-7-14(31-15)18-20-19-17(30-18)12-5-3-2-4-6-12/h2-8,13,25H,9-11H2,1H3,(H,21,24)/t13-/m1/s1. The maximum Gasteiger partial charge on any atom is 0.263 e. The number of benzene rings is 1. The smallest absolute Gasteiger partial charge is 0.263 e. The Bertz CT molecular complexity index is 1370. The first-order valence-corrected chi connectivity index (χ1v) is 13.6. The van der Waals surface area contributed by atoms with Crippen LogP contribution in [-0.2, 0) is 24.8 Å². The number of hydroxylamine groups is 1. The Morgan fingerprint density at radius 2 is 1.79 bits per heavy atom. The Labute approximate surface area is 193 Å². The van der Waals surface area contributed by atoms with E-state index in [4.69, 9.17) is 9.62 Å². The van der Waals surface area contributed by atoms with E-state index in [0.29, 0.717) is 10.4 Å². The molecule has 0 bridgehead atoms. The number of hydrogen-bond donors (Lipinski definition) is 2. The molecule has 12 nitrogen and oxygen atoms in total. The van der Waals surface area contributed by atoms with E-state index in [1.165, 1.54) is 17.6 Å². The molecule has 33 heavy (non-hydrogen) atoms. The average Bonchev–Trinajstić information content (AvgIpc) is 3.48. The van der Waals surface area contributed by atoms with Gasteiger partial charge in [-0.2, -0.15) is 8.61 Å². The van der Waals surface area contributed by atoms with E-state index in [0.717, 1.165) is 26.2 Å². The molecule has 1 aliphatic heterocycles. The van der Waals surface area contributed by atoms with Gasteiger partial charge >= 0.3 is 0 Å². The SMILES string of the molecule is CS(=O)(=O)N1CCN(S(=O)(=O)c2ccc(-c3nnc(-c4ccccc4)o3)s2)[C@@H](C(=O)NO)C1. The Kier molecular flexibility index (Phi) is 6.35. The highest BCUT2D eigenvalue weighted by Gasteiger charge is 2.42. The number of sulfonamides is 2. The van der Waals surface area contributed by atoms with Crippen LogP contribution in [0.25, 0.3) is 22.2 Å². The first-order valence-electron chi connectivity index (χ1n) is 9.51. The third kappa shape index (κ3) is 4.68. The molecule has 1 fully saturated rings. The molecule has 1 amide bonds. The van der Waals surface area contributed by atoms with Crippen molar-refractivity contribution in [2.75, 3.05) is 25.9 Å². The fourth-order valence-corrected chi connectivity index (χ4v) is 7.08. The second-order valence-corrected chi connectivity index (χ2v) is 12.3. The van der Waals surface area contributed by atoms with Crippen molar-refractivity contribution in [3.05, 3.63) is 42.5 Å². The largest absolute Gasteiger partial charge is 0.415 e. The van der Waals surface area contributed by atoms with E-state index in [2.05, 4.69) is 10.2 Å². The predicted molar refractivity (Wildman–Crippen MR) is 117 cm³/mol. The maximum atomic E-state index is 13.3. The Morgan fingerprint density at radius 3 is 2.45 bits per heavy atom. The molecular formula is C18H19N5O7S3. The normalized spacial score (nSPS) is 18.3. The van der Waals surface area contributed by atoms with Crippen LogP contribution >= 0.6 is 11.3 Å². The van der Waals surface area contributed by atoms with Crippen LogP contribution < -0.4 is 5.48 Å². The van der Waals surface area contributed by atoms with Crippen molar-refractivity contribution < 1.29 is 31.3 Å². The van der Waals surface area contributed by atoms with Crippen LogP contribution in [0.5, 0.6) is 0 Å². The van der Waals surface area contributed by atoms with Gasteiger partial charge in [-0.05, 0) is 24.3 Å². The highest BCUT2D eigenvalue weighted by Crippen LogP contribution is 2.34. The fourth-order valence-electron chi connectivity index (χ4n) is 3.33. The van der Waals surface area contributed by atoms with E-state index in [1.807, 2.05) is 18.2 Å². The molecule has 3 aromatic rings. The molecule has 15 heteroatoms. The van der Waals surface area contributed by atoms with E-state index in [-0.39, 0.29) is 29.1 Å². The highest BCUT2D eigenvalue weighted by molar-refractivity contribution is 7.91. The summed E-state index contributed by atoms with van der Waals surface area (Å²) >= 11 is 0.871. The topological polar surface area (TPSA) is 163 Å². The van der Waals surface area contributed by atoms with Crippen LogP contribution in [0.3, 0.4) is 0 Å². The second-order valence-electron chi connectivity index (χ2n) is 7.13. The molecule has 0 aliphatic carbocycles. The lowest BCUT2D eigenvalue weighted by Gasteiger charge is -2.37. The highest BCUT2D eigenvalue weighted by atomic mass is 32.2. The van der Waals surface area contributed by atoms with Crippen molar-refractivity contribution >= 4 is 37.3 Å². The lowest BCUT2D eigenvalue weighted by Crippen LogP contribution is -2.60. The third-order valence-electron chi connectivity index (χ3n) is 4.98. The molecule has 2 N–H and O–H groups in total. The van der Waals surface area contributed by atoms with E-state index in [1.54, 1.807) is 12.1 Å². The molecule has 0 radical (unpaired) electrons. The molecule has 0 saturated carbocycles. The molecule has 0 unspecified atom stereocenters. The zero-order valence-electron chi connectivity index (χ0n) is 17.2. The van der Waals surface area contributed by atoms with Gasteiger partial charge in [-0.1, -0.05) is 18.2 Å². The van der Waals surface area contributed by atoms with Gasteiger partial charge in [0.2, 0.25) is 15.9 Å². The van der Waals surface area contributed by atoms with Crippen LogP contribution in [0.4, 0.5) is 0 Å². The third-order valence-corrected chi connectivity index (χ3v) is 9.70. The van der Waals surface area contributed by atoms with Crippen molar-refractivity contribution in [2.24, 2.45) is 0 Å². The van der Waals surface area contributed by atoms with Gasteiger partial charge in [-0.25, -0.2) is 22.3 Å². The molecule has 0 spiro atoms. The quantitative estimate of drug-likeness (QED) is 0.355. The van der Waals surface area contributed by atoms with Crippen molar-refractivity contribution in [1.82, 2.24) is 24.3 Å². The number of carbonyl (C=O) groups is 1. The number of hydrogen-bond acceptors (Lipinski definition) is 10. The first-order chi connectivity index (χ1) is 15.6. The Morgan fingerprint density at radius 1 is 1.09 bits per heavy atom. The van der Waals surface area contributed by atoms with Gasteiger partial charge in [0, 0.05) is 25.2 Å². The number of piperazine rings is 1. The van der Waals surface area contributed by atoms with Crippen LogP contribution in [0, 0.1) is 0 Å². The molecule has 4 rings (SSSR count). The van der Waals surface area contributed by atoms with Crippen molar-refractivity contribution in [2.45, 2.75) is 10.3 Å². The van der Waals surface area contributed by atoms with E-state index < -0.39 is 38.5 Å². The monoisotopic (exact) mass is 513 g/mol. The molecule has 1 atom stereocenters. The molecule has 1 aromatic carbocycles. The Balaban J connectivity index is 1.62. The van der Waals surface area contributed by atoms with E-state index in [9.17, 15) is 21.6 Å². The van der Waals surface area contributed by atoms with Gasteiger partial charge in [0.1, 0.15) is 10.3 Å². The first kappa shape index (κ1) is 23.5. The van der Waals surface area contributed by atoms with Gasteiger partial charge in [-0.15, -0.1) is 21.5 Å². The maximum absolute atomic E-state index is 13.3. The zero-order valence-corrected chi connectivity index (χ0v) is 19.6. The summed E-state index contributed by atoms with van der Waals surface area (Å²) in [7, 11) is -7.86. The number of carbonyl (C=O) groups excluding carboxylic acids is 1. The Hall–Kier alpha value is -2.69. The summed E-state index contributed by atoms with van der Waals surface area (Å²) in [6.45, 7) is -0.818. The minimum atomic E-state index is -4.20. The number of thiophene rings is 1. The summed E-state index contributed by atoms with van der Waals surface area (Å²) in [5.41, 5.74) is 2.12. The van der Waals surface area contributed by atoms with Gasteiger partial charge in [-0.3, -0.25) is 10.0 Å². The lowest BCUT2D eigenvalue weighted by atomic mass is 10.2. The average molecular weight is 514 g/mol. The summed E-state index contributed by atoms with van der Waals surface area (Å²) in [5.74, 6) is -0.625. The number of nitrogens with one attached hydrogen (secondary N) is 1. The molecule has 2 aromatic heterocycles. The van der Waals surface area contributed by atoms with Crippen molar-refractivity contribution in [3.8, 4) is 22.2 Å². The molecule has 1 aliphatic rings. The minimum Gasteiger partial charge on any atom is -0.415 e. The summed E-state index contributed by atoms with van der Waals surface area (Å²) in [6, 6.07) is 10.5. The van der Waals surface area contributed by atoms with Crippen LogP contribution in [0.15, 0.2) is 51.1 Å². The van der Waals surface area contributed by atoms with Gasteiger partial charge < -0.3 is 4.42 Å². The van der Waals surface area contributed by atoms with Crippen LogP contribution in [-0.4, -0.2) is 78.7 Å². The number of aromatic nitrogens is 2. The summed E-state index contributed by atoms with van der Waals surface area (Å²) < 4.78 is 57.8. The fraction of sp³-hybridized carbons (Fsp3) is 0.278. The zero-order chi connectivity index (χ0) is 23.8. The number of amides is 1. The summed E-state index contributed by atoms with van der Waals surface area (Å²) in [6.07, 6.45) is 0.963. The number of rotatable bonds is 6. The number of nitrogens with zero attached hydrogens (tertiary/aromatic N) is 4. The van der Waals surface area contributed by atoms with Crippen LogP contribution in [0.1, 0.15) is 0 Å². The summed E-state index contributed by atoms with van der Waals surface area (Å²) in [5, 5.41) is 17.0. The van der Waals surface area contributed by atoms with Gasteiger partial charge in [0.25, 0.3) is 21.8 Å². The van der Waals surface area contributed by atoms with Gasteiger partial charge in [0.15, 0.2) is 0 Å². The summed E-state index contributed by atoms with van der Waals surface area (Å²) in [4.78, 5) is 12.6. The molecule has 3 heterocycles. The lowest BCUT2D eigenvalue weighted by molar-refractivity contribution is -0.134. The van der Waals surface area contributed by atoms with Crippen LogP contribution in [0.2, 0.25) is 0 Å². The van der Waals surface area contributed by atoms with Crippen molar-refractivity contribution in [1.29, 1.82) is 0 Å². The molecular weight excluding hydrogens is 494 g/mol. The molecule has 1 saturated heterocycles. The van der Waals surface area contributed by atoms with Gasteiger partial charge in [0.05, 0.1) is 11.1 Å². The van der Waals surface area contributed by atoms with Crippen molar-refractivity contribution in [3.63, 3.8) is 0 Å². The minimum absolute atomic E-state index is 0.0968. The second kappa shape index (κ2) is 8.92. The predicted octanol–water partition coefficient (Wildman–Crippen LogP) is 0.605.